The Morgan fingerprint density at radius 2 is 1.59 bits per heavy atom. The molecule has 0 atom stereocenters. The van der Waals surface area contributed by atoms with Crippen molar-refractivity contribution in [2.75, 3.05) is 11.9 Å². The summed E-state index contributed by atoms with van der Waals surface area (Å²) in [5.41, 5.74) is 2.63. The molecule has 0 amide bonds. The Hall–Kier alpha value is -2.82. The van der Waals surface area contributed by atoms with Crippen LogP contribution in [-0.2, 0) is 0 Å². The van der Waals surface area contributed by atoms with Gasteiger partial charge in [-0.2, -0.15) is 0 Å². The maximum atomic E-state index is 11.6. The lowest BCUT2D eigenvalue weighted by molar-refractivity contribution is 0.0696. The highest BCUT2D eigenvalue weighted by molar-refractivity contribution is 5.99. The fraction of sp³-hybridized carbons (Fsp3) is 0.364. The van der Waals surface area contributed by atoms with Crippen LogP contribution in [0.3, 0.4) is 0 Å². The van der Waals surface area contributed by atoms with Crippen LogP contribution in [0.5, 0.6) is 0 Å². The van der Waals surface area contributed by atoms with Crippen LogP contribution in [-0.4, -0.2) is 28.7 Å². The van der Waals surface area contributed by atoms with Crippen LogP contribution >= 0.6 is 0 Å². The van der Waals surface area contributed by atoms with Crippen molar-refractivity contribution in [2.24, 2.45) is 5.92 Å². The summed E-state index contributed by atoms with van der Waals surface area (Å²) in [5.74, 6) is -1.59. The van der Waals surface area contributed by atoms with Crippen molar-refractivity contribution < 1.29 is 19.8 Å². The van der Waals surface area contributed by atoms with Crippen LogP contribution in [0.25, 0.3) is 11.1 Å². The summed E-state index contributed by atoms with van der Waals surface area (Å²) in [7, 11) is 0. The normalized spacial score (nSPS) is 14.7. The highest BCUT2D eigenvalue weighted by Gasteiger charge is 2.19. The standard InChI is InChI=1S/C22H25NO4/c1-14-18(21(24)25)11-16(12-19(14)22(26)27)17-9-5-6-10-20(17)23-13-15-7-3-2-4-8-15/h5-6,9-12,15,23H,2-4,7-8,13H2,1H3,(H,24,25)(H,26,27). The maximum Gasteiger partial charge on any atom is 0.335 e. The largest absolute Gasteiger partial charge is 0.478 e. The van der Waals surface area contributed by atoms with Gasteiger partial charge in [-0.25, -0.2) is 9.59 Å². The van der Waals surface area contributed by atoms with E-state index in [1.807, 2.05) is 24.3 Å². The molecular weight excluding hydrogens is 342 g/mol. The predicted molar refractivity (Wildman–Crippen MR) is 106 cm³/mol. The van der Waals surface area contributed by atoms with E-state index in [9.17, 15) is 19.8 Å². The molecule has 1 aliphatic carbocycles. The second kappa shape index (κ2) is 8.25. The molecule has 1 aliphatic rings. The molecular formula is C22H25NO4. The number of hydrogen-bond acceptors (Lipinski definition) is 3. The molecule has 0 radical (unpaired) electrons. The number of carbonyl (C=O) groups is 2. The second-order valence-electron chi connectivity index (χ2n) is 7.24. The van der Waals surface area contributed by atoms with E-state index < -0.39 is 11.9 Å². The molecule has 142 valence electrons. The minimum absolute atomic E-state index is 0.0204. The first-order valence-electron chi connectivity index (χ1n) is 9.42. The van der Waals surface area contributed by atoms with Gasteiger partial charge in [0.2, 0.25) is 0 Å². The summed E-state index contributed by atoms with van der Waals surface area (Å²) in [4.78, 5) is 23.2. The van der Waals surface area contributed by atoms with Gasteiger partial charge in [-0.1, -0.05) is 37.5 Å². The summed E-state index contributed by atoms with van der Waals surface area (Å²) >= 11 is 0. The van der Waals surface area contributed by atoms with E-state index in [1.54, 1.807) is 12.1 Å². The number of carboxylic acids is 2. The van der Waals surface area contributed by atoms with Crippen molar-refractivity contribution in [3.63, 3.8) is 0 Å². The van der Waals surface area contributed by atoms with Crippen LogP contribution in [0, 0.1) is 12.8 Å². The lowest BCUT2D eigenvalue weighted by Crippen LogP contribution is -2.17. The summed E-state index contributed by atoms with van der Waals surface area (Å²) in [6.07, 6.45) is 6.32. The van der Waals surface area contributed by atoms with Gasteiger partial charge < -0.3 is 15.5 Å². The fourth-order valence-electron chi connectivity index (χ4n) is 3.85. The highest BCUT2D eigenvalue weighted by atomic mass is 16.4. The molecule has 2 aromatic carbocycles. The number of nitrogens with one attached hydrogen (secondary N) is 1. The zero-order valence-corrected chi connectivity index (χ0v) is 15.5. The van der Waals surface area contributed by atoms with Crippen LogP contribution < -0.4 is 5.32 Å². The zero-order chi connectivity index (χ0) is 19.4. The third kappa shape index (κ3) is 4.30. The monoisotopic (exact) mass is 367 g/mol. The third-order valence-electron chi connectivity index (χ3n) is 5.41. The number of hydrogen-bond donors (Lipinski definition) is 3. The number of rotatable bonds is 6. The SMILES string of the molecule is Cc1c(C(=O)O)cc(-c2ccccc2NCC2CCCCC2)cc1C(=O)O. The van der Waals surface area contributed by atoms with Gasteiger partial charge in [-0.05, 0) is 55.0 Å². The van der Waals surface area contributed by atoms with E-state index >= 15 is 0 Å². The smallest absolute Gasteiger partial charge is 0.335 e. The van der Waals surface area contributed by atoms with E-state index in [1.165, 1.54) is 39.0 Å². The fourth-order valence-corrected chi connectivity index (χ4v) is 3.85. The lowest BCUT2D eigenvalue weighted by Gasteiger charge is -2.23. The molecule has 0 unspecified atom stereocenters. The van der Waals surface area contributed by atoms with Gasteiger partial charge in [-0.15, -0.1) is 0 Å². The van der Waals surface area contributed by atoms with Gasteiger partial charge in [-0.3, -0.25) is 0 Å². The van der Waals surface area contributed by atoms with E-state index in [4.69, 9.17) is 0 Å². The average molecular weight is 367 g/mol. The Labute approximate surface area is 159 Å². The molecule has 0 heterocycles. The first kappa shape index (κ1) is 19.0. The number of aromatic carboxylic acids is 2. The first-order valence-corrected chi connectivity index (χ1v) is 9.42. The van der Waals surface area contributed by atoms with E-state index in [2.05, 4.69) is 5.32 Å². The molecule has 0 spiro atoms. The van der Waals surface area contributed by atoms with E-state index in [-0.39, 0.29) is 16.7 Å². The molecule has 2 aromatic rings. The summed E-state index contributed by atoms with van der Waals surface area (Å²) < 4.78 is 0. The molecule has 1 fully saturated rings. The Morgan fingerprint density at radius 3 is 2.19 bits per heavy atom. The number of anilines is 1. The minimum Gasteiger partial charge on any atom is -0.478 e. The summed E-state index contributed by atoms with van der Waals surface area (Å²) in [5, 5.41) is 22.5. The second-order valence-corrected chi connectivity index (χ2v) is 7.24. The molecule has 0 saturated heterocycles. The van der Waals surface area contributed by atoms with Crippen molar-refractivity contribution in [1.29, 1.82) is 0 Å². The van der Waals surface area contributed by atoms with Crippen LogP contribution in [0.4, 0.5) is 5.69 Å². The van der Waals surface area contributed by atoms with Crippen molar-refractivity contribution >= 4 is 17.6 Å². The van der Waals surface area contributed by atoms with E-state index in [0.29, 0.717) is 11.5 Å². The van der Waals surface area contributed by atoms with Gasteiger partial charge in [0.25, 0.3) is 0 Å². The zero-order valence-electron chi connectivity index (χ0n) is 15.5. The number of carboxylic acid groups (broad SMARTS) is 2. The first-order chi connectivity index (χ1) is 13.0. The van der Waals surface area contributed by atoms with Crippen LogP contribution in [0.2, 0.25) is 0 Å². The Bertz CT molecular complexity index is 818. The molecule has 27 heavy (non-hydrogen) atoms. The summed E-state index contributed by atoms with van der Waals surface area (Å²) in [6.45, 7) is 2.41. The predicted octanol–water partition coefficient (Wildman–Crippen LogP) is 5.05. The molecule has 5 heteroatoms. The minimum atomic E-state index is -1.12. The number of benzene rings is 2. The Balaban J connectivity index is 1.96. The highest BCUT2D eigenvalue weighted by Crippen LogP contribution is 2.32. The molecule has 3 rings (SSSR count). The lowest BCUT2D eigenvalue weighted by atomic mass is 9.89. The Kier molecular flexibility index (Phi) is 5.79. The summed E-state index contributed by atoms with van der Waals surface area (Å²) in [6, 6.07) is 10.8. The average Bonchev–Trinajstić information content (AvgIpc) is 2.67. The van der Waals surface area contributed by atoms with E-state index in [0.717, 1.165) is 17.8 Å². The topological polar surface area (TPSA) is 86.6 Å². The quantitative estimate of drug-likeness (QED) is 0.665. The Morgan fingerprint density at radius 1 is 1.00 bits per heavy atom. The number of para-hydroxylation sites is 1. The molecule has 0 aromatic heterocycles. The molecule has 3 N–H and O–H groups in total. The van der Waals surface area contributed by atoms with Crippen molar-refractivity contribution in [3.8, 4) is 11.1 Å². The van der Waals surface area contributed by atoms with Gasteiger partial charge in [0.1, 0.15) is 0 Å². The van der Waals surface area contributed by atoms with Crippen LogP contribution in [0.15, 0.2) is 36.4 Å². The van der Waals surface area contributed by atoms with Crippen LogP contribution in [0.1, 0.15) is 58.4 Å². The van der Waals surface area contributed by atoms with Gasteiger partial charge in [0.15, 0.2) is 0 Å². The van der Waals surface area contributed by atoms with Gasteiger partial charge in [0, 0.05) is 17.8 Å². The third-order valence-corrected chi connectivity index (χ3v) is 5.41. The van der Waals surface area contributed by atoms with Gasteiger partial charge >= 0.3 is 11.9 Å². The maximum absolute atomic E-state index is 11.6. The molecule has 5 nitrogen and oxygen atoms in total. The van der Waals surface area contributed by atoms with Gasteiger partial charge in [0.05, 0.1) is 11.1 Å². The molecule has 1 saturated carbocycles. The van der Waals surface area contributed by atoms with Crippen molar-refractivity contribution in [3.05, 3.63) is 53.1 Å². The molecule has 0 bridgehead atoms. The van der Waals surface area contributed by atoms with Crippen molar-refractivity contribution in [2.45, 2.75) is 39.0 Å². The molecule has 0 aliphatic heterocycles. The van der Waals surface area contributed by atoms with Crippen molar-refractivity contribution in [1.82, 2.24) is 0 Å².